The first-order chi connectivity index (χ1) is 12.2. The van der Waals surface area contributed by atoms with E-state index in [9.17, 15) is 13.2 Å². The van der Waals surface area contributed by atoms with Gasteiger partial charge in [0.25, 0.3) is 5.91 Å². The average Bonchev–Trinajstić information content (AvgIpc) is 3.17. The van der Waals surface area contributed by atoms with Crippen LogP contribution in [0, 0.1) is 6.92 Å². The molecule has 0 spiro atoms. The van der Waals surface area contributed by atoms with Crippen molar-refractivity contribution < 1.29 is 17.8 Å². The molecular weight excluding hydrogens is 423 g/mol. The highest BCUT2D eigenvalue weighted by Crippen LogP contribution is 2.30. The first-order valence-corrected chi connectivity index (χ1v) is 10.7. The maximum absolute atomic E-state index is 12.4. The van der Waals surface area contributed by atoms with Crippen LogP contribution in [0.2, 0.25) is 10.0 Å². The second kappa shape index (κ2) is 7.35. The molecule has 1 aliphatic rings. The number of halogens is 2. The summed E-state index contributed by atoms with van der Waals surface area (Å²) in [5.41, 5.74) is 0.879. The molecule has 12 heteroatoms. The number of aromatic nitrogens is 2. The lowest BCUT2D eigenvalue weighted by molar-refractivity contribution is 0.0926. The molecule has 3 N–H and O–H groups in total. The Morgan fingerprint density at radius 3 is 2.54 bits per heavy atom. The van der Waals surface area contributed by atoms with E-state index in [-0.39, 0.29) is 26.9 Å². The molecular formula is C14H16Cl2N4O4S2. The first-order valence-electron chi connectivity index (χ1n) is 7.69. The van der Waals surface area contributed by atoms with Crippen molar-refractivity contribution in [1.29, 1.82) is 0 Å². The predicted octanol–water partition coefficient (Wildman–Crippen LogP) is 2.73. The molecule has 2 aromatic heterocycles. The van der Waals surface area contributed by atoms with E-state index in [1.165, 1.54) is 0 Å². The van der Waals surface area contributed by atoms with Crippen molar-refractivity contribution >= 4 is 55.7 Å². The summed E-state index contributed by atoms with van der Waals surface area (Å²) in [7, 11) is -4.24. The number of nitrogens with zero attached hydrogens (tertiary/aromatic N) is 2. The highest BCUT2D eigenvalue weighted by molar-refractivity contribution is 7.88. The van der Waals surface area contributed by atoms with Gasteiger partial charge in [-0.25, -0.2) is 4.98 Å². The largest absolute Gasteiger partial charge is 0.352 e. The molecule has 0 saturated carbocycles. The lowest BCUT2D eigenvalue weighted by atomic mass is 10.1. The number of thiazole rings is 1. The monoisotopic (exact) mass is 438 g/mol. The summed E-state index contributed by atoms with van der Waals surface area (Å²) in [5, 5.41) is 4.00. The van der Waals surface area contributed by atoms with E-state index in [1.807, 2.05) is 4.90 Å². The Morgan fingerprint density at radius 2 is 2.04 bits per heavy atom. The Kier molecular flexibility index (Phi) is 5.50. The van der Waals surface area contributed by atoms with Crippen LogP contribution in [0.15, 0.2) is 10.4 Å². The second-order valence-corrected chi connectivity index (χ2v) is 9.34. The molecule has 0 radical (unpaired) electrons. The van der Waals surface area contributed by atoms with Gasteiger partial charge in [-0.15, -0.1) is 0 Å². The van der Waals surface area contributed by atoms with Crippen molar-refractivity contribution in [2.45, 2.75) is 30.0 Å². The molecule has 0 atom stereocenters. The molecule has 0 unspecified atom stereocenters. The number of hydrogen-bond acceptors (Lipinski definition) is 6. The van der Waals surface area contributed by atoms with E-state index >= 15 is 0 Å². The van der Waals surface area contributed by atoms with Crippen molar-refractivity contribution in [3.8, 4) is 0 Å². The van der Waals surface area contributed by atoms with Crippen LogP contribution in [0.3, 0.4) is 0 Å². The SMILES string of the molecule is Cc1[nH]c(C(=O)NC2CCN(c3ncc(S(=O)(=O)O)s3)CC2)c(Cl)c1Cl. The summed E-state index contributed by atoms with van der Waals surface area (Å²) in [6.07, 6.45) is 2.47. The Labute approximate surface area is 164 Å². The summed E-state index contributed by atoms with van der Waals surface area (Å²) < 4.78 is 31.1. The number of piperidine rings is 1. The number of anilines is 1. The van der Waals surface area contributed by atoms with Crippen LogP contribution in [0.4, 0.5) is 5.13 Å². The molecule has 0 aliphatic carbocycles. The van der Waals surface area contributed by atoms with Gasteiger partial charge in [-0.05, 0) is 19.8 Å². The van der Waals surface area contributed by atoms with Crippen LogP contribution < -0.4 is 10.2 Å². The lowest BCUT2D eigenvalue weighted by Gasteiger charge is -2.32. The Hall–Kier alpha value is -1.33. The second-order valence-electron chi connectivity index (χ2n) is 5.92. The quantitative estimate of drug-likeness (QED) is 0.631. The topological polar surface area (TPSA) is 115 Å². The van der Waals surface area contributed by atoms with Crippen LogP contribution in [-0.2, 0) is 10.1 Å². The number of carbonyl (C=O) groups is 1. The van der Waals surface area contributed by atoms with Gasteiger partial charge >= 0.3 is 10.1 Å². The molecule has 8 nitrogen and oxygen atoms in total. The van der Waals surface area contributed by atoms with Gasteiger partial charge in [0.1, 0.15) is 5.69 Å². The highest BCUT2D eigenvalue weighted by Gasteiger charge is 2.26. The number of amides is 1. The number of nitrogens with one attached hydrogen (secondary N) is 2. The van der Waals surface area contributed by atoms with Crippen LogP contribution >= 0.6 is 34.5 Å². The maximum Gasteiger partial charge on any atom is 0.305 e. The minimum Gasteiger partial charge on any atom is -0.352 e. The van der Waals surface area contributed by atoms with Crippen molar-refractivity contribution in [3.05, 3.63) is 27.6 Å². The summed E-state index contributed by atoms with van der Waals surface area (Å²) in [5.74, 6) is -0.314. The van der Waals surface area contributed by atoms with Gasteiger partial charge in [-0.2, -0.15) is 8.42 Å². The van der Waals surface area contributed by atoms with Crippen LogP contribution in [0.5, 0.6) is 0 Å². The zero-order chi connectivity index (χ0) is 19.1. The van der Waals surface area contributed by atoms with Gasteiger partial charge in [0.2, 0.25) is 0 Å². The minimum atomic E-state index is -4.24. The van der Waals surface area contributed by atoms with E-state index in [1.54, 1.807) is 6.92 Å². The van der Waals surface area contributed by atoms with Crippen molar-refractivity contribution in [2.75, 3.05) is 18.0 Å². The summed E-state index contributed by atoms with van der Waals surface area (Å²) in [6, 6.07) is -0.0433. The molecule has 3 rings (SSSR count). The van der Waals surface area contributed by atoms with Crippen LogP contribution in [0.1, 0.15) is 29.0 Å². The number of aryl methyl sites for hydroxylation is 1. The van der Waals surface area contributed by atoms with Crippen LogP contribution in [0.25, 0.3) is 0 Å². The number of carbonyl (C=O) groups excluding carboxylic acids is 1. The molecule has 1 aliphatic heterocycles. The molecule has 1 saturated heterocycles. The van der Waals surface area contributed by atoms with Crippen molar-refractivity contribution in [3.63, 3.8) is 0 Å². The Balaban J connectivity index is 1.59. The van der Waals surface area contributed by atoms with E-state index in [0.717, 1.165) is 17.5 Å². The number of rotatable bonds is 4. The first kappa shape index (κ1) is 19.4. The third-order valence-corrected chi connectivity index (χ3v) is 7.40. The van der Waals surface area contributed by atoms with Gasteiger partial charge in [-0.3, -0.25) is 9.35 Å². The zero-order valence-corrected chi connectivity index (χ0v) is 16.8. The van der Waals surface area contributed by atoms with Gasteiger partial charge < -0.3 is 15.2 Å². The van der Waals surface area contributed by atoms with E-state index in [4.69, 9.17) is 27.8 Å². The fraction of sp³-hybridized carbons (Fsp3) is 0.429. The number of H-pyrrole nitrogens is 1. The Bertz CT molecular complexity index is 933. The molecule has 0 bridgehead atoms. The third kappa shape index (κ3) is 3.99. The van der Waals surface area contributed by atoms with E-state index in [2.05, 4.69) is 15.3 Å². The highest BCUT2D eigenvalue weighted by atomic mass is 35.5. The molecule has 142 valence electrons. The summed E-state index contributed by atoms with van der Waals surface area (Å²) in [6.45, 7) is 2.93. The fourth-order valence-electron chi connectivity index (χ4n) is 2.72. The minimum absolute atomic E-state index is 0.0433. The van der Waals surface area contributed by atoms with Crippen molar-refractivity contribution in [2.24, 2.45) is 0 Å². The van der Waals surface area contributed by atoms with Gasteiger partial charge in [0.05, 0.1) is 16.2 Å². The molecule has 2 aromatic rings. The van der Waals surface area contributed by atoms with Crippen LogP contribution in [-0.4, -0.2) is 48.0 Å². The lowest BCUT2D eigenvalue weighted by Crippen LogP contribution is -2.44. The van der Waals surface area contributed by atoms with Gasteiger partial charge in [0, 0.05) is 24.8 Å². The van der Waals surface area contributed by atoms with E-state index in [0.29, 0.717) is 41.8 Å². The van der Waals surface area contributed by atoms with Gasteiger partial charge in [0.15, 0.2) is 9.34 Å². The summed E-state index contributed by atoms with van der Waals surface area (Å²) >= 11 is 13.0. The van der Waals surface area contributed by atoms with Crippen molar-refractivity contribution in [1.82, 2.24) is 15.3 Å². The summed E-state index contributed by atoms with van der Waals surface area (Å²) in [4.78, 5) is 21.2. The third-order valence-electron chi connectivity index (χ3n) is 4.11. The zero-order valence-electron chi connectivity index (χ0n) is 13.6. The predicted molar refractivity (Wildman–Crippen MR) is 100 cm³/mol. The molecule has 1 amide bonds. The molecule has 26 heavy (non-hydrogen) atoms. The smallest absolute Gasteiger partial charge is 0.305 e. The van der Waals surface area contributed by atoms with Gasteiger partial charge in [-0.1, -0.05) is 34.5 Å². The average molecular weight is 439 g/mol. The fourth-order valence-corrected chi connectivity index (χ4v) is 4.67. The molecule has 0 aromatic carbocycles. The number of aromatic amines is 1. The molecule has 3 heterocycles. The normalized spacial score (nSPS) is 16.1. The van der Waals surface area contributed by atoms with E-state index < -0.39 is 10.1 Å². The maximum atomic E-state index is 12.4. The Morgan fingerprint density at radius 1 is 1.38 bits per heavy atom. The standard InChI is InChI=1S/C14H16Cl2N4O4S2/c1-7-10(15)11(16)12(18-7)13(21)19-8-2-4-20(5-3-8)14-17-6-9(25-14)26(22,23)24/h6,8,18H,2-5H2,1H3,(H,19,21)(H,22,23,24). The number of hydrogen-bond donors (Lipinski definition) is 3. The molecule has 1 fully saturated rings.